The van der Waals surface area contributed by atoms with Gasteiger partial charge in [0.05, 0.1) is 6.54 Å². The Kier molecular flexibility index (Phi) is 4.21. The second-order valence-corrected chi connectivity index (χ2v) is 6.63. The molecule has 1 fully saturated rings. The molecule has 0 saturated carbocycles. The summed E-state index contributed by atoms with van der Waals surface area (Å²) >= 11 is 0. The van der Waals surface area contributed by atoms with E-state index in [9.17, 15) is 0 Å². The maximum absolute atomic E-state index is 4.52. The Morgan fingerprint density at radius 1 is 1.16 bits per heavy atom. The van der Waals surface area contributed by atoms with E-state index in [1.54, 1.807) is 0 Å². The Labute approximate surface area is 147 Å². The van der Waals surface area contributed by atoms with Crippen molar-refractivity contribution in [2.45, 2.75) is 32.2 Å². The fourth-order valence-electron chi connectivity index (χ4n) is 3.57. The average Bonchev–Trinajstić information content (AvgIpc) is 3.22. The minimum absolute atomic E-state index is 0.400. The Morgan fingerprint density at radius 3 is 2.76 bits per heavy atom. The van der Waals surface area contributed by atoms with Gasteiger partial charge in [0.2, 0.25) is 0 Å². The quantitative estimate of drug-likeness (QED) is 0.730. The number of aryl methyl sites for hydroxylation is 1. The van der Waals surface area contributed by atoms with Crippen LogP contribution in [0.3, 0.4) is 0 Å². The number of hydrogen-bond acceptors (Lipinski definition) is 5. The van der Waals surface area contributed by atoms with E-state index in [1.165, 1.54) is 5.69 Å². The van der Waals surface area contributed by atoms with E-state index in [2.05, 4.69) is 53.4 Å². The summed E-state index contributed by atoms with van der Waals surface area (Å²) < 4.78 is 4.25. The monoisotopic (exact) mass is 337 g/mol. The number of rotatable bonds is 4. The first-order valence-electron chi connectivity index (χ1n) is 8.73. The Hall–Kier alpha value is -2.70. The van der Waals surface area contributed by atoms with Gasteiger partial charge in [0, 0.05) is 56.5 Å². The summed E-state index contributed by atoms with van der Waals surface area (Å²) in [6, 6.07) is 4.15. The zero-order valence-electron chi connectivity index (χ0n) is 14.7. The van der Waals surface area contributed by atoms with Gasteiger partial charge in [-0.2, -0.15) is 0 Å². The molecule has 25 heavy (non-hydrogen) atoms. The molecule has 7 heteroatoms. The largest absolute Gasteiger partial charge is 0.371 e. The molecule has 0 spiro atoms. The van der Waals surface area contributed by atoms with Crippen molar-refractivity contribution in [3.8, 4) is 0 Å². The van der Waals surface area contributed by atoms with Gasteiger partial charge in [-0.25, -0.2) is 4.98 Å². The molecular formula is C18H23N7. The zero-order chi connectivity index (χ0) is 17.2. The van der Waals surface area contributed by atoms with Crippen molar-refractivity contribution >= 4 is 5.69 Å². The standard InChI is InChI=1S/C18H23N7/c1-14-20-9-11-24(14)13-17-21-22-18(23(17)2)15-4-3-10-25(12-15)16-5-7-19-8-6-16/h5-9,11,15H,3-4,10,12-13H2,1-2H3/t15-/m1/s1. The molecule has 0 aliphatic carbocycles. The van der Waals surface area contributed by atoms with Crippen LogP contribution in [0, 0.1) is 6.92 Å². The molecule has 1 saturated heterocycles. The van der Waals surface area contributed by atoms with Gasteiger partial charge in [-0.15, -0.1) is 10.2 Å². The molecule has 0 amide bonds. The summed E-state index contributed by atoms with van der Waals surface area (Å²) in [6.07, 6.45) is 9.82. The van der Waals surface area contributed by atoms with Gasteiger partial charge in [-0.3, -0.25) is 4.98 Å². The molecule has 0 unspecified atom stereocenters. The third kappa shape index (κ3) is 3.14. The summed E-state index contributed by atoms with van der Waals surface area (Å²) in [5, 5.41) is 8.96. The van der Waals surface area contributed by atoms with Gasteiger partial charge in [0.1, 0.15) is 11.6 Å². The smallest absolute Gasteiger partial charge is 0.152 e. The molecule has 4 rings (SSSR count). The van der Waals surface area contributed by atoms with Crippen LogP contribution in [0.1, 0.15) is 36.2 Å². The van der Waals surface area contributed by atoms with Gasteiger partial charge >= 0.3 is 0 Å². The molecule has 130 valence electrons. The first kappa shape index (κ1) is 15.8. The van der Waals surface area contributed by atoms with Crippen LogP contribution in [0.4, 0.5) is 5.69 Å². The first-order valence-corrected chi connectivity index (χ1v) is 8.73. The van der Waals surface area contributed by atoms with E-state index >= 15 is 0 Å². The maximum Gasteiger partial charge on any atom is 0.152 e. The fraction of sp³-hybridized carbons (Fsp3) is 0.444. The second kappa shape index (κ2) is 6.66. The molecule has 0 N–H and O–H groups in total. The highest BCUT2D eigenvalue weighted by molar-refractivity contribution is 5.45. The van der Waals surface area contributed by atoms with Crippen molar-refractivity contribution in [2.24, 2.45) is 7.05 Å². The van der Waals surface area contributed by atoms with E-state index in [-0.39, 0.29) is 0 Å². The van der Waals surface area contributed by atoms with Crippen LogP contribution in [-0.4, -0.2) is 42.4 Å². The van der Waals surface area contributed by atoms with Crippen molar-refractivity contribution in [1.82, 2.24) is 29.3 Å². The molecule has 1 atom stereocenters. The van der Waals surface area contributed by atoms with Crippen LogP contribution in [0.25, 0.3) is 0 Å². The Morgan fingerprint density at radius 2 is 2.00 bits per heavy atom. The summed E-state index contributed by atoms with van der Waals surface area (Å²) in [5.41, 5.74) is 1.23. The molecule has 7 nitrogen and oxygen atoms in total. The minimum atomic E-state index is 0.400. The van der Waals surface area contributed by atoms with Crippen molar-refractivity contribution in [1.29, 1.82) is 0 Å². The van der Waals surface area contributed by atoms with E-state index in [4.69, 9.17) is 0 Å². The average molecular weight is 337 g/mol. The van der Waals surface area contributed by atoms with Crippen molar-refractivity contribution in [3.63, 3.8) is 0 Å². The zero-order valence-corrected chi connectivity index (χ0v) is 14.7. The van der Waals surface area contributed by atoms with Crippen LogP contribution in [-0.2, 0) is 13.6 Å². The van der Waals surface area contributed by atoms with E-state index in [0.29, 0.717) is 12.5 Å². The van der Waals surface area contributed by atoms with Crippen LogP contribution < -0.4 is 4.90 Å². The number of pyridine rings is 1. The van der Waals surface area contributed by atoms with Gasteiger partial charge < -0.3 is 14.0 Å². The molecule has 3 aromatic heterocycles. The molecule has 1 aliphatic rings. The van der Waals surface area contributed by atoms with Crippen LogP contribution in [0.15, 0.2) is 36.9 Å². The van der Waals surface area contributed by atoms with Gasteiger partial charge in [-0.1, -0.05) is 0 Å². The maximum atomic E-state index is 4.52. The lowest BCUT2D eigenvalue weighted by Gasteiger charge is -2.33. The molecule has 0 bridgehead atoms. The third-order valence-electron chi connectivity index (χ3n) is 5.05. The number of anilines is 1. The topological polar surface area (TPSA) is 64.7 Å². The summed E-state index contributed by atoms with van der Waals surface area (Å²) in [7, 11) is 2.07. The van der Waals surface area contributed by atoms with E-state index in [0.717, 1.165) is 43.4 Å². The number of piperidine rings is 1. The van der Waals surface area contributed by atoms with Crippen molar-refractivity contribution in [3.05, 3.63) is 54.4 Å². The van der Waals surface area contributed by atoms with Crippen LogP contribution in [0.2, 0.25) is 0 Å². The highest BCUT2D eigenvalue weighted by atomic mass is 15.3. The van der Waals surface area contributed by atoms with Gasteiger partial charge in [0.15, 0.2) is 5.82 Å². The van der Waals surface area contributed by atoms with E-state index < -0.39 is 0 Å². The number of nitrogens with zero attached hydrogens (tertiary/aromatic N) is 7. The third-order valence-corrected chi connectivity index (χ3v) is 5.05. The van der Waals surface area contributed by atoms with Crippen molar-refractivity contribution in [2.75, 3.05) is 18.0 Å². The van der Waals surface area contributed by atoms with Gasteiger partial charge in [-0.05, 0) is 31.9 Å². The normalized spacial score (nSPS) is 17.8. The predicted molar refractivity (Wildman–Crippen MR) is 95.5 cm³/mol. The summed E-state index contributed by atoms with van der Waals surface area (Å²) in [6.45, 7) is 4.76. The Bertz CT molecular complexity index is 836. The molecule has 4 heterocycles. The summed E-state index contributed by atoms with van der Waals surface area (Å²) in [4.78, 5) is 10.8. The number of imidazole rings is 1. The predicted octanol–water partition coefficient (Wildman–Crippen LogP) is 2.15. The lowest BCUT2D eigenvalue weighted by Crippen LogP contribution is -2.35. The molecule has 0 aromatic carbocycles. The fourth-order valence-corrected chi connectivity index (χ4v) is 3.57. The molecule has 0 radical (unpaired) electrons. The molecule has 1 aliphatic heterocycles. The highest BCUT2D eigenvalue weighted by Crippen LogP contribution is 2.28. The molecular weight excluding hydrogens is 314 g/mol. The lowest BCUT2D eigenvalue weighted by atomic mass is 9.96. The van der Waals surface area contributed by atoms with Crippen LogP contribution >= 0.6 is 0 Å². The minimum Gasteiger partial charge on any atom is -0.371 e. The van der Waals surface area contributed by atoms with Crippen LogP contribution in [0.5, 0.6) is 0 Å². The SMILES string of the molecule is Cc1nccn1Cc1nnc([C@@H]2CCCN(c3ccncc3)C2)n1C. The van der Waals surface area contributed by atoms with Gasteiger partial charge in [0.25, 0.3) is 0 Å². The van der Waals surface area contributed by atoms with E-state index in [1.807, 2.05) is 31.7 Å². The number of aromatic nitrogens is 6. The molecule has 3 aromatic rings. The Balaban J connectivity index is 1.53. The summed E-state index contributed by atoms with van der Waals surface area (Å²) in [5.74, 6) is 3.44. The number of hydrogen-bond donors (Lipinski definition) is 0. The highest BCUT2D eigenvalue weighted by Gasteiger charge is 2.26. The lowest BCUT2D eigenvalue weighted by molar-refractivity contribution is 0.478. The second-order valence-electron chi connectivity index (χ2n) is 6.63. The van der Waals surface area contributed by atoms with Crippen molar-refractivity contribution < 1.29 is 0 Å². The first-order chi connectivity index (χ1) is 12.2.